The summed E-state index contributed by atoms with van der Waals surface area (Å²) in [5.41, 5.74) is 5.05. The Morgan fingerprint density at radius 2 is 1.80 bits per heavy atom. The molecule has 182 valence electrons. The van der Waals surface area contributed by atoms with E-state index in [0.717, 1.165) is 21.0 Å². The molecule has 2 heterocycles. The number of halogens is 2. The number of anilines is 1. The molecule has 0 saturated carbocycles. The molecule has 2 aromatic carbocycles. The van der Waals surface area contributed by atoms with Gasteiger partial charge in [-0.05, 0) is 67.4 Å². The highest BCUT2D eigenvalue weighted by Crippen LogP contribution is 2.33. The second-order valence-electron chi connectivity index (χ2n) is 7.72. The van der Waals surface area contributed by atoms with Crippen LogP contribution in [0.1, 0.15) is 18.2 Å². The fraction of sp³-hybridized carbons (Fsp3) is 0.174. The van der Waals surface area contributed by atoms with Crippen LogP contribution >= 0.6 is 23.2 Å². The van der Waals surface area contributed by atoms with E-state index in [4.69, 9.17) is 23.2 Å². The highest BCUT2D eigenvalue weighted by atomic mass is 35.5. The lowest BCUT2D eigenvalue weighted by atomic mass is 10.1. The summed E-state index contributed by atoms with van der Waals surface area (Å²) in [6.45, 7) is 3.09. The Labute approximate surface area is 211 Å². The van der Waals surface area contributed by atoms with Crippen molar-refractivity contribution in [2.75, 3.05) is 11.0 Å². The van der Waals surface area contributed by atoms with Gasteiger partial charge in [-0.25, -0.2) is 5.43 Å². The van der Waals surface area contributed by atoms with Crippen LogP contribution in [0.5, 0.6) is 0 Å². The third kappa shape index (κ3) is 5.10. The van der Waals surface area contributed by atoms with E-state index in [2.05, 4.69) is 15.6 Å². The summed E-state index contributed by atoms with van der Waals surface area (Å²) in [4.78, 5) is 11.1. The van der Waals surface area contributed by atoms with E-state index in [9.17, 15) is 18.3 Å². The van der Waals surface area contributed by atoms with Crippen molar-refractivity contribution >= 4 is 55.8 Å². The number of carboxylic acid groups (broad SMARTS) is 1. The summed E-state index contributed by atoms with van der Waals surface area (Å²) < 4.78 is 30.0. The first kappa shape index (κ1) is 24.9. The van der Waals surface area contributed by atoms with Crippen molar-refractivity contribution in [3.63, 3.8) is 0 Å². The van der Waals surface area contributed by atoms with Gasteiger partial charge in [0.25, 0.3) is 10.0 Å². The molecule has 0 radical (unpaired) electrons. The summed E-state index contributed by atoms with van der Waals surface area (Å²) in [7, 11) is -4.29. The number of sulfonamides is 1. The van der Waals surface area contributed by atoms with Gasteiger partial charge in [-0.15, -0.1) is 5.10 Å². The summed E-state index contributed by atoms with van der Waals surface area (Å²) in [6, 6.07) is 13.0. The van der Waals surface area contributed by atoms with Crippen LogP contribution in [0, 0.1) is 6.92 Å². The largest absolute Gasteiger partial charge is 0.480 e. The summed E-state index contributed by atoms with van der Waals surface area (Å²) in [6.07, 6.45) is 2.28. The van der Waals surface area contributed by atoms with E-state index < -0.39 is 22.5 Å². The number of benzene rings is 2. The van der Waals surface area contributed by atoms with Crippen molar-refractivity contribution in [1.29, 1.82) is 0 Å². The van der Waals surface area contributed by atoms with Gasteiger partial charge < -0.3 is 5.11 Å². The molecule has 0 atom stereocenters. The molecule has 0 spiro atoms. The number of nitrogens with one attached hydrogen (secondary N) is 1. The van der Waals surface area contributed by atoms with Gasteiger partial charge in [-0.3, -0.25) is 9.36 Å². The summed E-state index contributed by atoms with van der Waals surface area (Å²) in [5, 5.41) is 18.6. The Kier molecular flexibility index (Phi) is 7.00. The van der Waals surface area contributed by atoms with Gasteiger partial charge in [-0.2, -0.15) is 17.9 Å². The molecular formula is C23H21Cl2N5O4S. The molecule has 35 heavy (non-hydrogen) atoms. The van der Waals surface area contributed by atoms with Crippen molar-refractivity contribution in [1.82, 2.24) is 20.2 Å². The van der Waals surface area contributed by atoms with E-state index >= 15 is 0 Å². The molecule has 0 unspecified atom stereocenters. The Morgan fingerprint density at radius 3 is 2.40 bits per heavy atom. The number of hydrazine groups is 1. The van der Waals surface area contributed by atoms with Gasteiger partial charge in [0.05, 0.1) is 21.8 Å². The molecule has 2 aromatic heterocycles. The molecule has 4 aromatic rings. The van der Waals surface area contributed by atoms with Crippen LogP contribution in [0.4, 0.5) is 5.69 Å². The predicted octanol–water partition coefficient (Wildman–Crippen LogP) is 4.38. The van der Waals surface area contributed by atoms with Gasteiger partial charge in [0, 0.05) is 21.6 Å². The molecule has 0 aliphatic carbocycles. The van der Waals surface area contributed by atoms with Crippen LogP contribution in [-0.2, 0) is 21.2 Å². The number of carboxylic acids is 1. The maximum absolute atomic E-state index is 13.6. The zero-order chi connectivity index (χ0) is 25.3. The van der Waals surface area contributed by atoms with Crippen molar-refractivity contribution in [2.45, 2.75) is 25.2 Å². The lowest BCUT2D eigenvalue weighted by Crippen LogP contribution is -2.45. The van der Waals surface area contributed by atoms with Crippen molar-refractivity contribution in [3.05, 3.63) is 76.0 Å². The number of aryl methyl sites for hydroxylation is 2. The molecule has 0 aliphatic rings. The quantitative estimate of drug-likeness (QED) is 0.322. The average molecular weight is 534 g/mol. The minimum Gasteiger partial charge on any atom is -0.480 e. The van der Waals surface area contributed by atoms with E-state index in [1.165, 1.54) is 18.2 Å². The molecule has 4 rings (SSSR count). The van der Waals surface area contributed by atoms with Gasteiger partial charge in [0.1, 0.15) is 6.54 Å². The number of carbonyl (C=O) groups is 1. The van der Waals surface area contributed by atoms with Crippen LogP contribution in [0.2, 0.25) is 10.0 Å². The Morgan fingerprint density at radius 1 is 1.09 bits per heavy atom. The first-order valence-corrected chi connectivity index (χ1v) is 12.7. The van der Waals surface area contributed by atoms with Gasteiger partial charge in [0.2, 0.25) is 0 Å². The second-order valence-corrected chi connectivity index (χ2v) is 10.4. The number of fused-ring (bicyclic) bond motifs is 1. The van der Waals surface area contributed by atoms with E-state index in [0.29, 0.717) is 17.8 Å². The number of hydrogen-bond donors (Lipinski definition) is 2. The average Bonchev–Trinajstić information content (AvgIpc) is 3.21. The molecule has 0 fully saturated rings. The molecule has 2 N–H and O–H groups in total. The number of aromatic nitrogens is 3. The van der Waals surface area contributed by atoms with Crippen LogP contribution in [0.25, 0.3) is 16.7 Å². The van der Waals surface area contributed by atoms with Crippen LogP contribution in [0.15, 0.2) is 59.6 Å². The number of aliphatic carboxylic acids is 1. The van der Waals surface area contributed by atoms with Crippen molar-refractivity contribution in [2.24, 2.45) is 0 Å². The predicted molar refractivity (Wildman–Crippen MR) is 135 cm³/mol. The second kappa shape index (κ2) is 9.82. The van der Waals surface area contributed by atoms with E-state index in [-0.39, 0.29) is 20.6 Å². The standard InChI is InChI=1S/C23H21Cl2N5O4S/c1-3-15-8-20-16(6-7-29(20)22-5-4-14(2)27-28-22)9-21(15)30(26-13-23(31)32)35(33,34)19-11-17(24)10-18(25)12-19/h4-12,26H,3,13H2,1-2H3,(H,31,32). The van der Waals surface area contributed by atoms with Crippen LogP contribution in [0.3, 0.4) is 0 Å². The third-order valence-electron chi connectivity index (χ3n) is 5.27. The summed E-state index contributed by atoms with van der Waals surface area (Å²) in [5.74, 6) is -0.611. The van der Waals surface area contributed by atoms with Crippen molar-refractivity contribution < 1.29 is 18.3 Å². The topological polar surface area (TPSA) is 117 Å². The molecule has 0 amide bonds. The molecule has 0 bridgehead atoms. The van der Waals surface area contributed by atoms with Crippen LogP contribution < -0.4 is 9.84 Å². The zero-order valence-electron chi connectivity index (χ0n) is 18.7. The molecular weight excluding hydrogens is 513 g/mol. The highest BCUT2D eigenvalue weighted by Gasteiger charge is 2.29. The molecule has 0 saturated heterocycles. The lowest BCUT2D eigenvalue weighted by Gasteiger charge is -2.27. The highest BCUT2D eigenvalue weighted by molar-refractivity contribution is 7.92. The normalized spacial score (nSPS) is 11.7. The fourth-order valence-corrected chi connectivity index (χ4v) is 5.71. The maximum Gasteiger partial charge on any atom is 0.319 e. The molecule has 0 aliphatic heterocycles. The van der Waals surface area contributed by atoms with Crippen molar-refractivity contribution in [3.8, 4) is 5.82 Å². The van der Waals surface area contributed by atoms with E-state index in [1.807, 2.05) is 48.9 Å². The smallest absolute Gasteiger partial charge is 0.319 e. The fourth-order valence-electron chi connectivity index (χ4n) is 3.63. The SMILES string of the molecule is CCc1cc2c(ccn2-c2ccc(C)nn2)cc1N(NCC(=O)O)S(=O)(=O)c1cc(Cl)cc(Cl)c1. The minimum absolute atomic E-state index is 0.136. The molecule has 12 heteroatoms. The lowest BCUT2D eigenvalue weighted by molar-refractivity contribution is -0.135. The van der Waals surface area contributed by atoms with Crippen LogP contribution in [-0.4, -0.2) is 40.8 Å². The Balaban J connectivity index is 1.89. The number of nitrogens with zero attached hydrogens (tertiary/aromatic N) is 4. The minimum atomic E-state index is -4.29. The first-order chi connectivity index (χ1) is 16.6. The maximum atomic E-state index is 13.6. The Bertz CT molecular complexity index is 1500. The first-order valence-electron chi connectivity index (χ1n) is 10.5. The van der Waals surface area contributed by atoms with E-state index in [1.54, 1.807) is 6.07 Å². The number of hydrogen-bond acceptors (Lipinski definition) is 6. The van der Waals surface area contributed by atoms with Gasteiger partial charge in [0.15, 0.2) is 5.82 Å². The zero-order valence-corrected chi connectivity index (χ0v) is 21.1. The monoisotopic (exact) mass is 533 g/mol. The molecule has 9 nitrogen and oxygen atoms in total. The third-order valence-corrected chi connectivity index (χ3v) is 7.34. The van der Waals surface area contributed by atoms with Gasteiger partial charge in [-0.1, -0.05) is 30.1 Å². The summed E-state index contributed by atoms with van der Waals surface area (Å²) >= 11 is 12.1. The van der Waals surface area contributed by atoms with Gasteiger partial charge >= 0.3 is 5.97 Å². The number of rotatable bonds is 8. The Hall–Kier alpha value is -3.18.